The molecule has 1 fully saturated rings. The highest BCUT2D eigenvalue weighted by atomic mass is 16.5. The number of aromatic nitrogens is 1. The number of benzene rings is 1. The highest BCUT2D eigenvalue weighted by Gasteiger charge is 2.28. The fourth-order valence-corrected chi connectivity index (χ4v) is 3.37. The average molecular weight is 356 g/mol. The fraction of sp³-hybridized carbons (Fsp3) is 0.400. The van der Waals surface area contributed by atoms with E-state index in [4.69, 9.17) is 14.2 Å². The van der Waals surface area contributed by atoms with Crippen LogP contribution in [0.3, 0.4) is 0 Å². The number of para-hydroxylation sites is 1. The zero-order chi connectivity index (χ0) is 18.4. The summed E-state index contributed by atoms with van der Waals surface area (Å²) in [5.41, 5.74) is 1.45. The summed E-state index contributed by atoms with van der Waals surface area (Å²) in [6.45, 7) is 1.42. The average Bonchev–Trinajstić information content (AvgIpc) is 2.72. The Hall–Kier alpha value is -2.60. The van der Waals surface area contributed by atoms with E-state index in [0.29, 0.717) is 36.2 Å². The van der Waals surface area contributed by atoms with Crippen LogP contribution in [-0.4, -0.2) is 38.3 Å². The van der Waals surface area contributed by atoms with Gasteiger partial charge in [0, 0.05) is 25.6 Å². The molecule has 1 unspecified atom stereocenters. The Morgan fingerprint density at radius 2 is 2.00 bits per heavy atom. The molecule has 1 N–H and O–H groups in total. The van der Waals surface area contributed by atoms with Gasteiger partial charge in [0.05, 0.1) is 25.8 Å². The zero-order valence-corrected chi connectivity index (χ0v) is 15.1. The summed E-state index contributed by atoms with van der Waals surface area (Å²) in [7, 11) is 3.09. The Morgan fingerprint density at radius 1 is 1.19 bits per heavy atom. The van der Waals surface area contributed by atoms with Crippen molar-refractivity contribution < 1.29 is 19.0 Å². The van der Waals surface area contributed by atoms with Crippen LogP contribution in [0.5, 0.6) is 11.5 Å². The third-order valence-corrected chi connectivity index (χ3v) is 4.72. The van der Waals surface area contributed by atoms with Gasteiger partial charge in [-0.05, 0) is 42.5 Å². The lowest BCUT2D eigenvalue weighted by molar-refractivity contribution is 0.0513. The summed E-state index contributed by atoms with van der Waals surface area (Å²) in [6, 6.07) is 9.05. The topological polar surface area (TPSA) is 69.7 Å². The Bertz CT molecular complexity index is 730. The van der Waals surface area contributed by atoms with Gasteiger partial charge < -0.3 is 19.5 Å². The minimum Gasteiger partial charge on any atom is -0.493 e. The van der Waals surface area contributed by atoms with Crippen molar-refractivity contribution in [1.82, 2.24) is 10.3 Å². The van der Waals surface area contributed by atoms with Crippen LogP contribution in [0.25, 0.3) is 0 Å². The van der Waals surface area contributed by atoms with Crippen molar-refractivity contribution in [1.29, 1.82) is 0 Å². The van der Waals surface area contributed by atoms with Gasteiger partial charge in [-0.2, -0.15) is 0 Å². The Labute approximate surface area is 153 Å². The van der Waals surface area contributed by atoms with Crippen molar-refractivity contribution in [2.24, 2.45) is 5.92 Å². The first-order valence-corrected chi connectivity index (χ1v) is 8.74. The molecular formula is C20H24N2O4. The molecule has 0 aliphatic carbocycles. The van der Waals surface area contributed by atoms with E-state index in [9.17, 15) is 4.79 Å². The van der Waals surface area contributed by atoms with Gasteiger partial charge in [-0.25, -0.2) is 0 Å². The predicted octanol–water partition coefficient (Wildman–Crippen LogP) is 3.00. The van der Waals surface area contributed by atoms with E-state index >= 15 is 0 Å². The normalized spacial score (nSPS) is 15.9. The fourth-order valence-electron chi connectivity index (χ4n) is 3.37. The number of amides is 1. The number of nitrogens with one attached hydrogen (secondary N) is 1. The molecule has 2 heterocycles. The minimum absolute atomic E-state index is 0.129. The van der Waals surface area contributed by atoms with Crippen LogP contribution in [0, 0.1) is 5.92 Å². The van der Waals surface area contributed by atoms with Crippen molar-refractivity contribution in [3.8, 4) is 11.5 Å². The number of pyridine rings is 1. The molecule has 26 heavy (non-hydrogen) atoms. The number of hydrogen-bond donors (Lipinski definition) is 1. The van der Waals surface area contributed by atoms with E-state index in [2.05, 4.69) is 10.3 Å². The smallest absolute Gasteiger partial charge is 0.255 e. The summed E-state index contributed by atoms with van der Waals surface area (Å²) in [5.74, 6) is 1.07. The number of carbonyl (C=O) groups is 1. The molecule has 1 amide bonds. The van der Waals surface area contributed by atoms with Crippen molar-refractivity contribution in [3.63, 3.8) is 0 Å². The molecular weight excluding hydrogens is 332 g/mol. The second-order valence-corrected chi connectivity index (χ2v) is 6.23. The molecule has 0 radical (unpaired) electrons. The lowest BCUT2D eigenvalue weighted by Gasteiger charge is -2.31. The van der Waals surface area contributed by atoms with Gasteiger partial charge in [-0.1, -0.05) is 12.1 Å². The van der Waals surface area contributed by atoms with Crippen LogP contribution in [0.2, 0.25) is 0 Å². The molecule has 6 nitrogen and oxygen atoms in total. The highest BCUT2D eigenvalue weighted by Crippen LogP contribution is 2.33. The summed E-state index contributed by atoms with van der Waals surface area (Å²) >= 11 is 0. The second-order valence-electron chi connectivity index (χ2n) is 6.23. The van der Waals surface area contributed by atoms with Crippen LogP contribution in [0.1, 0.15) is 34.8 Å². The summed E-state index contributed by atoms with van der Waals surface area (Å²) in [6.07, 6.45) is 5.34. The minimum atomic E-state index is -0.193. The number of rotatable bonds is 6. The first-order valence-electron chi connectivity index (χ1n) is 8.74. The number of hydrogen-bond acceptors (Lipinski definition) is 5. The van der Waals surface area contributed by atoms with Gasteiger partial charge in [-0.3, -0.25) is 9.78 Å². The van der Waals surface area contributed by atoms with Gasteiger partial charge in [0.15, 0.2) is 11.5 Å². The Morgan fingerprint density at radius 3 is 2.65 bits per heavy atom. The van der Waals surface area contributed by atoms with Crippen LogP contribution in [0.4, 0.5) is 0 Å². The Kier molecular flexibility index (Phi) is 6.07. The van der Waals surface area contributed by atoms with E-state index in [1.165, 1.54) is 7.11 Å². The number of nitrogens with zero attached hydrogens (tertiary/aromatic N) is 1. The standard InChI is InChI=1S/C20H24N2O4/c1-24-17-7-3-6-16(19(17)25-2)20(23)22-18(14-8-11-26-12-9-14)15-5-4-10-21-13-15/h3-7,10,13-14,18H,8-9,11-12H2,1-2H3,(H,22,23). The van der Waals surface area contributed by atoms with E-state index in [1.54, 1.807) is 31.5 Å². The number of ether oxygens (including phenoxy) is 3. The Balaban J connectivity index is 1.88. The summed E-state index contributed by atoms with van der Waals surface area (Å²) in [4.78, 5) is 17.2. The lowest BCUT2D eigenvalue weighted by atomic mass is 9.87. The van der Waals surface area contributed by atoms with Gasteiger partial charge in [0.2, 0.25) is 0 Å². The molecule has 2 aromatic rings. The first kappa shape index (κ1) is 18.2. The van der Waals surface area contributed by atoms with E-state index in [1.807, 2.05) is 18.3 Å². The molecule has 1 aliphatic heterocycles. The van der Waals surface area contributed by atoms with Crippen LogP contribution in [-0.2, 0) is 4.74 Å². The van der Waals surface area contributed by atoms with Crippen molar-refractivity contribution in [3.05, 3.63) is 53.9 Å². The van der Waals surface area contributed by atoms with Gasteiger partial charge in [0.1, 0.15) is 0 Å². The molecule has 0 bridgehead atoms. The number of methoxy groups -OCH3 is 2. The molecule has 1 aliphatic rings. The molecule has 3 rings (SSSR count). The molecule has 1 aromatic carbocycles. The van der Waals surface area contributed by atoms with Crippen LogP contribution in [0.15, 0.2) is 42.7 Å². The predicted molar refractivity (Wildman–Crippen MR) is 97.5 cm³/mol. The van der Waals surface area contributed by atoms with E-state index in [-0.39, 0.29) is 11.9 Å². The monoisotopic (exact) mass is 356 g/mol. The van der Waals surface area contributed by atoms with Crippen LogP contribution >= 0.6 is 0 Å². The van der Waals surface area contributed by atoms with Crippen molar-refractivity contribution in [2.45, 2.75) is 18.9 Å². The molecule has 1 atom stereocenters. The molecule has 6 heteroatoms. The SMILES string of the molecule is COc1cccc(C(=O)NC(c2cccnc2)C2CCOCC2)c1OC. The quantitative estimate of drug-likeness (QED) is 0.862. The molecule has 138 valence electrons. The molecule has 0 saturated carbocycles. The van der Waals surface area contributed by atoms with Gasteiger partial charge in [0.25, 0.3) is 5.91 Å². The molecule has 0 spiro atoms. The molecule has 1 saturated heterocycles. The largest absolute Gasteiger partial charge is 0.493 e. The lowest BCUT2D eigenvalue weighted by Crippen LogP contribution is -2.36. The number of carbonyl (C=O) groups excluding carboxylic acids is 1. The second kappa shape index (κ2) is 8.67. The van der Waals surface area contributed by atoms with Crippen molar-refractivity contribution >= 4 is 5.91 Å². The third-order valence-electron chi connectivity index (χ3n) is 4.72. The maximum absolute atomic E-state index is 13.0. The zero-order valence-electron chi connectivity index (χ0n) is 15.1. The third kappa shape index (κ3) is 3.96. The van der Waals surface area contributed by atoms with Gasteiger partial charge >= 0.3 is 0 Å². The maximum Gasteiger partial charge on any atom is 0.255 e. The van der Waals surface area contributed by atoms with Gasteiger partial charge in [-0.15, -0.1) is 0 Å². The highest BCUT2D eigenvalue weighted by molar-refractivity contribution is 5.98. The van der Waals surface area contributed by atoms with E-state index in [0.717, 1.165) is 18.4 Å². The van der Waals surface area contributed by atoms with Crippen molar-refractivity contribution in [2.75, 3.05) is 27.4 Å². The van der Waals surface area contributed by atoms with E-state index < -0.39 is 0 Å². The molecule has 1 aromatic heterocycles. The maximum atomic E-state index is 13.0. The summed E-state index contributed by atoms with van der Waals surface area (Å²) < 4.78 is 16.2. The van der Waals surface area contributed by atoms with Crippen LogP contribution < -0.4 is 14.8 Å². The summed E-state index contributed by atoms with van der Waals surface area (Å²) in [5, 5.41) is 3.18. The first-order chi connectivity index (χ1) is 12.7.